The van der Waals surface area contributed by atoms with E-state index in [2.05, 4.69) is 21.4 Å². The first-order valence-corrected chi connectivity index (χ1v) is 12.6. The summed E-state index contributed by atoms with van der Waals surface area (Å²) in [4.78, 5) is 20.9. The molecule has 9 heteroatoms. The summed E-state index contributed by atoms with van der Waals surface area (Å²) in [6.07, 6.45) is 4.94. The average molecular weight is 478 g/mol. The lowest BCUT2D eigenvalue weighted by molar-refractivity contribution is -0.128. The largest absolute Gasteiger partial charge is 0.347 e. The minimum Gasteiger partial charge on any atom is -0.347 e. The molecule has 0 aliphatic carbocycles. The summed E-state index contributed by atoms with van der Waals surface area (Å²) in [5.41, 5.74) is 1.48. The molecule has 1 amide bonds. The first-order valence-electron chi connectivity index (χ1n) is 11.2. The molecule has 0 bridgehead atoms. The number of amides is 1. The fourth-order valence-electron chi connectivity index (χ4n) is 4.36. The van der Waals surface area contributed by atoms with Gasteiger partial charge >= 0.3 is 0 Å². The number of rotatable bonds is 7. The Bertz CT molecular complexity index is 1270. The number of hydrogen-bond donors (Lipinski definition) is 2. The van der Waals surface area contributed by atoms with Crippen LogP contribution < -0.4 is 5.32 Å². The summed E-state index contributed by atoms with van der Waals surface area (Å²) in [5, 5.41) is 12.2. The van der Waals surface area contributed by atoms with Crippen LogP contribution in [-0.4, -0.2) is 41.7 Å². The highest BCUT2D eigenvalue weighted by Gasteiger charge is 2.37. The van der Waals surface area contributed by atoms with Gasteiger partial charge in [0.15, 0.2) is 0 Å². The molecule has 0 saturated carbocycles. The van der Waals surface area contributed by atoms with Crippen molar-refractivity contribution in [1.82, 2.24) is 19.6 Å². The Balaban J connectivity index is 1.52. The van der Waals surface area contributed by atoms with E-state index in [1.807, 2.05) is 19.1 Å². The van der Waals surface area contributed by atoms with Gasteiger partial charge in [-0.15, -0.1) is 0 Å². The SMILES string of the molecule is CC(Cc1ccc(C#N)cc1)(NC(=O)[C@H]1CCCN(S(=O)(=O)c2ccccc2)C1)c1cnc[nH]1. The number of aromatic amines is 1. The first-order chi connectivity index (χ1) is 16.3. The molecule has 1 unspecified atom stereocenters. The molecule has 0 spiro atoms. The molecule has 4 rings (SSSR count). The third-order valence-corrected chi connectivity index (χ3v) is 8.15. The second kappa shape index (κ2) is 9.79. The van der Waals surface area contributed by atoms with E-state index < -0.39 is 21.5 Å². The molecule has 1 saturated heterocycles. The maximum atomic E-state index is 13.4. The molecule has 8 nitrogen and oxygen atoms in total. The van der Waals surface area contributed by atoms with E-state index in [-0.39, 0.29) is 17.3 Å². The zero-order chi connectivity index (χ0) is 24.2. The highest BCUT2D eigenvalue weighted by Crippen LogP contribution is 2.28. The van der Waals surface area contributed by atoms with Crippen LogP contribution in [0.1, 0.15) is 36.6 Å². The lowest BCUT2D eigenvalue weighted by atomic mass is 9.88. The van der Waals surface area contributed by atoms with Crippen LogP contribution in [0.3, 0.4) is 0 Å². The van der Waals surface area contributed by atoms with Crippen molar-refractivity contribution in [3.05, 3.63) is 83.9 Å². The number of H-pyrrole nitrogens is 1. The number of carbonyl (C=O) groups excluding carboxylic acids is 1. The minimum atomic E-state index is -3.66. The Morgan fingerprint density at radius 1 is 1.24 bits per heavy atom. The molecular weight excluding hydrogens is 450 g/mol. The Hall–Kier alpha value is -3.48. The van der Waals surface area contributed by atoms with Gasteiger partial charge < -0.3 is 10.3 Å². The molecule has 1 aliphatic rings. The van der Waals surface area contributed by atoms with Gasteiger partial charge in [0, 0.05) is 19.5 Å². The van der Waals surface area contributed by atoms with Crippen molar-refractivity contribution in [2.75, 3.05) is 13.1 Å². The fraction of sp³-hybridized carbons (Fsp3) is 0.320. The summed E-state index contributed by atoms with van der Waals surface area (Å²) in [6.45, 7) is 2.45. The number of aromatic nitrogens is 2. The van der Waals surface area contributed by atoms with Gasteiger partial charge in [0.25, 0.3) is 0 Å². The van der Waals surface area contributed by atoms with Gasteiger partial charge in [0.05, 0.1) is 46.2 Å². The standard InChI is InChI=1S/C25H27N5O3S/c1-25(23-16-27-18-28-23,14-19-9-11-20(15-26)12-10-19)29-24(31)21-6-5-13-30(17-21)34(32,33)22-7-3-2-4-8-22/h2-4,7-12,16,18,21H,5-6,13-14,17H2,1H3,(H,27,28)(H,29,31)/t21-,25?/m0/s1. The second-order valence-electron chi connectivity index (χ2n) is 8.79. The van der Waals surface area contributed by atoms with Crippen molar-refractivity contribution in [3.8, 4) is 6.07 Å². The van der Waals surface area contributed by atoms with Crippen LogP contribution in [-0.2, 0) is 26.8 Å². The molecule has 3 aromatic rings. The van der Waals surface area contributed by atoms with Crippen molar-refractivity contribution in [1.29, 1.82) is 5.26 Å². The minimum absolute atomic E-state index is 0.138. The number of nitrogens with zero attached hydrogens (tertiary/aromatic N) is 3. The molecule has 2 atom stereocenters. The monoisotopic (exact) mass is 477 g/mol. The first kappa shape index (κ1) is 23.7. The van der Waals surface area contributed by atoms with E-state index in [9.17, 15) is 13.2 Å². The third kappa shape index (κ3) is 5.03. The van der Waals surface area contributed by atoms with E-state index in [1.165, 1.54) is 4.31 Å². The molecule has 1 aliphatic heterocycles. The summed E-state index contributed by atoms with van der Waals surface area (Å²) < 4.78 is 27.6. The van der Waals surface area contributed by atoms with E-state index in [1.54, 1.807) is 55.0 Å². The van der Waals surface area contributed by atoms with Gasteiger partial charge in [0.1, 0.15) is 0 Å². The Labute approximate surface area is 199 Å². The highest BCUT2D eigenvalue weighted by molar-refractivity contribution is 7.89. The Morgan fingerprint density at radius 2 is 1.97 bits per heavy atom. The lowest BCUT2D eigenvalue weighted by Gasteiger charge is -2.35. The van der Waals surface area contributed by atoms with Gasteiger partial charge in [-0.1, -0.05) is 30.3 Å². The van der Waals surface area contributed by atoms with Gasteiger partial charge in [-0.2, -0.15) is 9.57 Å². The lowest BCUT2D eigenvalue weighted by Crippen LogP contribution is -2.51. The van der Waals surface area contributed by atoms with Gasteiger partial charge in [0.2, 0.25) is 15.9 Å². The fourth-order valence-corrected chi connectivity index (χ4v) is 5.90. The summed E-state index contributed by atoms with van der Waals surface area (Å²) >= 11 is 0. The predicted octanol–water partition coefficient (Wildman–Crippen LogP) is 2.96. The zero-order valence-electron chi connectivity index (χ0n) is 18.9. The number of nitrogens with one attached hydrogen (secondary N) is 2. The number of benzene rings is 2. The number of imidazole rings is 1. The van der Waals surface area contributed by atoms with Crippen LogP contribution in [0.2, 0.25) is 0 Å². The molecule has 34 heavy (non-hydrogen) atoms. The summed E-state index contributed by atoms with van der Waals surface area (Å²) in [5.74, 6) is -0.658. The number of sulfonamides is 1. The van der Waals surface area contributed by atoms with Crippen molar-refractivity contribution >= 4 is 15.9 Å². The smallest absolute Gasteiger partial charge is 0.243 e. The zero-order valence-corrected chi connectivity index (χ0v) is 19.8. The van der Waals surface area contributed by atoms with Gasteiger partial charge in [-0.3, -0.25) is 4.79 Å². The Kier molecular flexibility index (Phi) is 6.82. The van der Waals surface area contributed by atoms with Crippen LogP contribution >= 0.6 is 0 Å². The third-order valence-electron chi connectivity index (χ3n) is 6.27. The average Bonchev–Trinajstić information content (AvgIpc) is 3.41. The summed E-state index contributed by atoms with van der Waals surface area (Å²) in [6, 6.07) is 17.7. The molecule has 2 aromatic carbocycles. The molecule has 176 valence electrons. The van der Waals surface area contributed by atoms with Gasteiger partial charge in [-0.25, -0.2) is 13.4 Å². The number of piperidine rings is 1. The second-order valence-corrected chi connectivity index (χ2v) is 10.7. The van der Waals surface area contributed by atoms with E-state index in [0.717, 1.165) is 11.3 Å². The van der Waals surface area contributed by atoms with E-state index in [0.29, 0.717) is 31.4 Å². The van der Waals surface area contributed by atoms with Crippen LogP contribution in [0, 0.1) is 17.2 Å². The van der Waals surface area contributed by atoms with Crippen molar-refractivity contribution in [2.45, 2.75) is 36.6 Å². The normalized spacial score (nSPS) is 18.5. The van der Waals surface area contributed by atoms with E-state index in [4.69, 9.17) is 5.26 Å². The van der Waals surface area contributed by atoms with Crippen molar-refractivity contribution in [2.24, 2.45) is 5.92 Å². The van der Waals surface area contributed by atoms with Crippen molar-refractivity contribution < 1.29 is 13.2 Å². The Morgan fingerprint density at radius 3 is 2.62 bits per heavy atom. The molecule has 1 aromatic heterocycles. The van der Waals surface area contributed by atoms with Gasteiger partial charge in [-0.05, 0) is 49.6 Å². The number of nitriles is 1. The number of carbonyl (C=O) groups is 1. The molecule has 0 radical (unpaired) electrons. The maximum absolute atomic E-state index is 13.4. The molecule has 1 fully saturated rings. The molecular formula is C25H27N5O3S. The quantitative estimate of drug-likeness (QED) is 0.542. The van der Waals surface area contributed by atoms with Crippen LogP contribution in [0.4, 0.5) is 0 Å². The maximum Gasteiger partial charge on any atom is 0.243 e. The highest BCUT2D eigenvalue weighted by atomic mass is 32.2. The van der Waals surface area contributed by atoms with Crippen molar-refractivity contribution in [3.63, 3.8) is 0 Å². The van der Waals surface area contributed by atoms with E-state index >= 15 is 0 Å². The van der Waals surface area contributed by atoms with Crippen LogP contribution in [0.5, 0.6) is 0 Å². The predicted molar refractivity (Wildman–Crippen MR) is 127 cm³/mol. The molecule has 2 N–H and O–H groups in total. The number of hydrogen-bond acceptors (Lipinski definition) is 5. The molecule has 2 heterocycles. The van der Waals surface area contributed by atoms with Crippen LogP contribution in [0.15, 0.2) is 72.0 Å². The topological polar surface area (TPSA) is 119 Å². The summed E-state index contributed by atoms with van der Waals surface area (Å²) in [7, 11) is -3.66. The van der Waals surface area contributed by atoms with Crippen LogP contribution in [0.25, 0.3) is 0 Å².